The Morgan fingerprint density at radius 2 is 1.76 bits per heavy atom. The summed E-state index contributed by atoms with van der Waals surface area (Å²) in [4.78, 5) is 2.26. The molecule has 0 saturated heterocycles. The minimum absolute atomic E-state index is 0.0113. The first-order valence-electron chi connectivity index (χ1n) is 7.25. The average molecular weight is 303 g/mol. The maximum Gasteiger partial charge on any atom is 0.0424 e. The Labute approximate surface area is 132 Å². The van der Waals surface area contributed by atoms with Gasteiger partial charge in [-0.05, 0) is 44.2 Å². The van der Waals surface area contributed by atoms with E-state index in [4.69, 9.17) is 17.3 Å². The molecule has 21 heavy (non-hydrogen) atoms. The van der Waals surface area contributed by atoms with Gasteiger partial charge in [-0.3, -0.25) is 4.90 Å². The molecule has 0 aliphatic rings. The topological polar surface area (TPSA) is 29.3 Å². The summed E-state index contributed by atoms with van der Waals surface area (Å²) < 4.78 is 0. The zero-order valence-corrected chi connectivity index (χ0v) is 13.6. The van der Waals surface area contributed by atoms with Crippen molar-refractivity contribution >= 4 is 11.6 Å². The molecule has 0 heterocycles. The molecule has 2 rings (SSSR count). The van der Waals surface area contributed by atoms with E-state index >= 15 is 0 Å². The number of rotatable bonds is 5. The highest BCUT2D eigenvalue weighted by molar-refractivity contribution is 6.30. The van der Waals surface area contributed by atoms with Gasteiger partial charge in [0.25, 0.3) is 0 Å². The van der Waals surface area contributed by atoms with Gasteiger partial charge in [-0.2, -0.15) is 0 Å². The van der Waals surface area contributed by atoms with Crippen LogP contribution in [0.1, 0.15) is 35.7 Å². The van der Waals surface area contributed by atoms with Crippen molar-refractivity contribution in [1.29, 1.82) is 0 Å². The minimum atomic E-state index is 0.0113. The van der Waals surface area contributed by atoms with Crippen molar-refractivity contribution in [3.8, 4) is 0 Å². The van der Waals surface area contributed by atoms with E-state index in [1.807, 2.05) is 18.2 Å². The molecular weight excluding hydrogens is 280 g/mol. The Bertz CT molecular complexity index is 580. The molecule has 112 valence electrons. The zero-order valence-electron chi connectivity index (χ0n) is 12.9. The van der Waals surface area contributed by atoms with Gasteiger partial charge in [0.15, 0.2) is 0 Å². The van der Waals surface area contributed by atoms with Crippen molar-refractivity contribution in [3.05, 3.63) is 70.2 Å². The maximum atomic E-state index is 6.32. The SMILES string of the molecule is Cc1ccc(C(N)CN(C)C(C)c2cccc(Cl)c2)cc1. The van der Waals surface area contributed by atoms with Crippen LogP contribution in [0.25, 0.3) is 0 Å². The van der Waals surface area contributed by atoms with Crippen LogP contribution in [-0.2, 0) is 0 Å². The molecule has 2 nitrogen and oxygen atoms in total. The van der Waals surface area contributed by atoms with Gasteiger partial charge in [0.05, 0.1) is 0 Å². The number of hydrogen-bond donors (Lipinski definition) is 1. The van der Waals surface area contributed by atoms with E-state index in [0.717, 1.165) is 11.6 Å². The molecule has 2 unspecified atom stereocenters. The van der Waals surface area contributed by atoms with Crippen LogP contribution in [0, 0.1) is 6.92 Å². The van der Waals surface area contributed by atoms with Crippen LogP contribution in [0.3, 0.4) is 0 Å². The third-order valence-electron chi connectivity index (χ3n) is 3.98. The van der Waals surface area contributed by atoms with Crippen LogP contribution >= 0.6 is 11.6 Å². The lowest BCUT2D eigenvalue weighted by Gasteiger charge is -2.28. The van der Waals surface area contributed by atoms with Crippen LogP contribution in [0.2, 0.25) is 5.02 Å². The minimum Gasteiger partial charge on any atom is -0.323 e. The summed E-state index contributed by atoms with van der Waals surface area (Å²) in [5.41, 5.74) is 9.96. The number of likely N-dealkylation sites (N-methyl/N-ethyl adjacent to an activating group) is 1. The van der Waals surface area contributed by atoms with Crippen molar-refractivity contribution in [2.75, 3.05) is 13.6 Å². The Hall–Kier alpha value is -1.35. The van der Waals surface area contributed by atoms with Gasteiger partial charge in [0.2, 0.25) is 0 Å². The van der Waals surface area contributed by atoms with E-state index in [1.54, 1.807) is 0 Å². The summed E-state index contributed by atoms with van der Waals surface area (Å²) in [7, 11) is 2.10. The predicted octanol–water partition coefficient (Wildman–Crippen LogP) is 4.34. The van der Waals surface area contributed by atoms with Crippen LogP contribution in [-0.4, -0.2) is 18.5 Å². The van der Waals surface area contributed by atoms with Gasteiger partial charge in [0, 0.05) is 23.7 Å². The molecule has 0 aliphatic heterocycles. The van der Waals surface area contributed by atoms with E-state index in [-0.39, 0.29) is 12.1 Å². The second kappa shape index (κ2) is 7.08. The van der Waals surface area contributed by atoms with Crippen molar-refractivity contribution in [3.63, 3.8) is 0 Å². The quantitative estimate of drug-likeness (QED) is 0.890. The summed E-state index contributed by atoms with van der Waals surface area (Å²) >= 11 is 6.07. The molecule has 0 aliphatic carbocycles. The van der Waals surface area contributed by atoms with Crippen LogP contribution in [0.4, 0.5) is 0 Å². The van der Waals surface area contributed by atoms with Gasteiger partial charge in [-0.1, -0.05) is 53.6 Å². The van der Waals surface area contributed by atoms with Gasteiger partial charge >= 0.3 is 0 Å². The lowest BCUT2D eigenvalue weighted by Crippen LogP contribution is -2.31. The van der Waals surface area contributed by atoms with E-state index in [2.05, 4.69) is 56.1 Å². The van der Waals surface area contributed by atoms with Gasteiger partial charge in [-0.15, -0.1) is 0 Å². The Kier molecular flexibility index (Phi) is 5.40. The molecule has 0 saturated carbocycles. The van der Waals surface area contributed by atoms with Crippen molar-refractivity contribution < 1.29 is 0 Å². The van der Waals surface area contributed by atoms with Gasteiger partial charge in [0.1, 0.15) is 0 Å². The molecule has 2 N–H and O–H groups in total. The third kappa shape index (κ3) is 4.31. The second-order valence-corrected chi connectivity index (χ2v) is 6.12. The molecule has 0 bridgehead atoms. The summed E-state index contributed by atoms with van der Waals surface area (Å²) in [6.45, 7) is 5.06. The molecule has 3 heteroatoms. The van der Waals surface area contributed by atoms with E-state index in [9.17, 15) is 0 Å². The average Bonchev–Trinajstić information content (AvgIpc) is 2.47. The van der Waals surface area contributed by atoms with Crippen LogP contribution < -0.4 is 5.73 Å². The normalized spacial score (nSPS) is 14.2. The Balaban J connectivity index is 2.03. The van der Waals surface area contributed by atoms with Crippen molar-refractivity contribution in [1.82, 2.24) is 4.90 Å². The number of nitrogens with two attached hydrogens (primary N) is 1. The highest BCUT2D eigenvalue weighted by Gasteiger charge is 2.16. The first-order valence-corrected chi connectivity index (χ1v) is 7.63. The summed E-state index contributed by atoms with van der Waals surface area (Å²) in [6, 6.07) is 16.7. The molecule has 0 spiro atoms. The maximum absolute atomic E-state index is 6.32. The number of aryl methyl sites for hydroxylation is 1. The third-order valence-corrected chi connectivity index (χ3v) is 4.22. The molecule has 0 aromatic heterocycles. The Morgan fingerprint density at radius 3 is 2.38 bits per heavy atom. The largest absolute Gasteiger partial charge is 0.323 e. The monoisotopic (exact) mass is 302 g/mol. The molecule has 2 aromatic rings. The predicted molar refractivity (Wildman–Crippen MR) is 90.6 cm³/mol. The van der Waals surface area contributed by atoms with E-state index < -0.39 is 0 Å². The second-order valence-electron chi connectivity index (χ2n) is 5.69. The summed E-state index contributed by atoms with van der Waals surface area (Å²) in [6.07, 6.45) is 0. The van der Waals surface area contributed by atoms with Crippen LogP contribution in [0.5, 0.6) is 0 Å². The molecule has 2 atom stereocenters. The standard InChI is InChI=1S/C18H23ClN2/c1-13-7-9-15(10-8-13)18(20)12-21(3)14(2)16-5-4-6-17(19)11-16/h4-11,14,18H,12,20H2,1-3H3. The van der Waals surface area contributed by atoms with Gasteiger partial charge in [-0.25, -0.2) is 0 Å². The lowest BCUT2D eigenvalue weighted by atomic mass is 10.0. The fourth-order valence-corrected chi connectivity index (χ4v) is 2.61. The van der Waals surface area contributed by atoms with Gasteiger partial charge < -0.3 is 5.73 Å². The number of benzene rings is 2. The molecule has 0 amide bonds. The molecular formula is C18H23ClN2. The molecule has 0 radical (unpaired) electrons. The smallest absolute Gasteiger partial charge is 0.0424 e. The van der Waals surface area contributed by atoms with Crippen LogP contribution in [0.15, 0.2) is 48.5 Å². The molecule has 0 fully saturated rings. The Morgan fingerprint density at radius 1 is 1.10 bits per heavy atom. The zero-order chi connectivity index (χ0) is 15.4. The fraction of sp³-hybridized carbons (Fsp3) is 0.333. The van der Waals surface area contributed by atoms with E-state index in [0.29, 0.717) is 0 Å². The highest BCUT2D eigenvalue weighted by atomic mass is 35.5. The first-order chi connectivity index (χ1) is 9.97. The van der Waals surface area contributed by atoms with Crippen molar-refractivity contribution in [2.24, 2.45) is 5.73 Å². The summed E-state index contributed by atoms with van der Waals surface area (Å²) in [5.74, 6) is 0. The van der Waals surface area contributed by atoms with Crippen molar-refractivity contribution in [2.45, 2.75) is 25.9 Å². The number of halogens is 1. The fourth-order valence-electron chi connectivity index (χ4n) is 2.41. The number of nitrogens with zero attached hydrogens (tertiary/aromatic N) is 1. The lowest BCUT2D eigenvalue weighted by molar-refractivity contribution is 0.246. The molecule has 2 aromatic carbocycles. The highest BCUT2D eigenvalue weighted by Crippen LogP contribution is 2.23. The van der Waals surface area contributed by atoms with E-state index in [1.165, 1.54) is 16.7 Å². The first kappa shape index (κ1) is 16.0. The summed E-state index contributed by atoms with van der Waals surface area (Å²) in [5, 5.41) is 0.774. The number of hydrogen-bond acceptors (Lipinski definition) is 2.